The molecule has 0 fully saturated rings. The number of unbranched alkanes of at least 4 members (excludes halogenated alkanes) is 1. The number of amides is 4. The number of fused-ring (bicyclic) bond motifs is 8. The number of para-hydroxylation sites is 2. The van der Waals surface area contributed by atoms with Gasteiger partial charge in [-0.3, -0.25) is 28.8 Å². The standard InChI is InChI=1S/C59H64N4O9/c1-6-47(64)15-9-12-18-56(66)60-37(4)52(65)24-36(3)57(67)61-44-26-38(33-71-53-30-40-19-21-45-28-42-13-7-10-16-50(42)62(45)58(68)48(40)23-35(53)2)25-39(27-44)34-72-55-31-41-20-22-46-29-43-14-8-11-17-51(43)63(46)59(69)49(41)32-54(55)70-5/h7-8,10-11,13-14,16-17,23,25-27,30-32,36-37,45-46H,6,9,12,15,18-22,24,28-29,33-34H2,1-5H3,(H,60,66)(H,61,67)/t36-,37-,45+,46+/m0/s1. The van der Waals surface area contributed by atoms with E-state index in [9.17, 15) is 28.8 Å². The highest BCUT2D eigenvalue weighted by molar-refractivity contribution is 6.10. The second-order valence-corrected chi connectivity index (χ2v) is 19.9. The van der Waals surface area contributed by atoms with Crippen molar-refractivity contribution in [1.29, 1.82) is 0 Å². The highest BCUT2D eigenvalue weighted by Crippen LogP contribution is 2.42. The minimum absolute atomic E-state index is 0.00645. The van der Waals surface area contributed by atoms with E-state index in [1.807, 2.05) is 96.4 Å². The quantitative estimate of drug-likeness (QED) is 0.0768. The maximum absolute atomic E-state index is 14.1. The summed E-state index contributed by atoms with van der Waals surface area (Å²) in [6, 6.07) is 28.8. The number of Topliss-reactive ketones (excluding diaryl/α,β-unsaturated/α-hetero) is 2. The normalized spacial score (nSPS) is 17.2. The fourth-order valence-corrected chi connectivity index (χ4v) is 10.7. The number of ketones is 2. The second kappa shape index (κ2) is 21.6. The Kier molecular flexibility index (Phi) is 14.9. The summed E-state index contributed by atoms with van der Waals surface area (Å²) >= 11 is 0. The third-order valence-corrected chi connectivity index (χ3v) is 14.8. The number of methoxy groups -OCH3 is 1. The number of aryl methyl sites for hydroxylation is 3. The summed E-state index contributed by atoms with van der Waals surface area (Å²) in [4.78, 5) is 83.4. The Bertz CT molecular complexity index is 2950. The van der Waals surface area contributed by atoms with Crippen LogP contribution in [0.2, 0.25) is 0 Å². The Morgan fingerprint density at radius 1 is 0.681 bits per heavy atom. The first-order chi connectivity index (χ1) is 34.8. The van der Waals surface area contributed by atoms with E-state index in [1.54, 1.807) is 27.0 Å². The summed E-state index contributed by atoms with van der Waals surface area (Å²) in [5.41, 5.74) is 10.2. The largest absolute Gasteiger partial charge is 0.493 e. The first-order valence-electron chi connectivity index (χ1n) is 25.5. The van der Waals surface area contributed by atoms with Crippen LogP contribution in [0.15, 0.2) is 91.0 Å². The van der Waals surface area contributed by atoms with Crippen LogP contribution < -0.4 is 34.6 Å². The zero-order valence-corrected chi connectivity index (χ0v) is 41.9. The van der Waals surface area contributed by atoms with E-state index in [0.717, 1.165) is 71.3 Å². The molecule has 13 nitrogen and oxygen atoms in total. The van der Waals surface area contributed by atoms with Gasteiger partial charge in [-0.2, -0.15) is 0 Å². The molecule has 4 aliphatic rings. The number of nitrogens with zero attached hydrogens (tertiary/aromatic N) is 2. The molecule has 0 saturated carbocycles. The van der Waals surface area contributed by atoms with Gasteiger partial charge in [0.15, 0.2) is 17.3 Å². The third kappa shape index (κ3) is 10.7. The Balaban J connectivity index is 0.918. The van der Waals surface area contributed by atoms with E-state index in [-0.39, 0.29) is 73.3 Å². The molecule has 5 aromatic carbocycles. The molecule has 0 unspecified atom stereocenters. The van der Waals surface area contributed by atoms with Crippen molar-refractivity contribution in [3.8, 4) is 17.2 Å². The number of rotatable bonds is 19. The molecule has 9 rings (SSSR count). The van der Waals surface area contributed by atoms with Crippen molar-refractivity contribution in [2.24, 2.45) is 5.92 Å². The van der Waals surface area contributed by atoms with Crippen LogP contribution in [0.1, 0.15) is 132 Å². The van der Waals surface area contributed by atoms with Gasteiger partial charge in [0.25, 0.3) is 11.8 Å². The van der Waals surface area contributed by atoms with Crippen molar-refractivity contribution in [3.63, 3.8) is 0 Å². The van der Waals surface area contributed by atoms with Crippen molar-refractivity contribution in [2.75, 3.05) is 22.2 Å². The fraction of sp³-hybridized carbons (Fsp3) is 0.390. The van der Waals surface area contributed by atoms with Gasteiger partial charge in [-0.25, -0.2) is 0 Å². The van der Waals surface area contributed by atoms with Crippen LogP contribution in [-0.2, 0) is 58.1 Å². The average molecular weight is 973 g/mol. The lowest BCUT2D eigenvalue weighted by Crippen LogP contribution is -2.39. The molecule has 4 amide bonds. The van der Waals surface area contributed by atoms with Gasteiger partial charge in [0.2, 0.25) is 11.8 Å². The summed E-state index contributed by atoms with van der Waals surface area (Å²) in [5, 5.41) is 5.77. The summed E-state index contributed by atoms with van der Waals surface area (Å²) in [6.07, 6.45) is 6.91. The SMILES string of the molecule is CCC(=O)CCCCC(=O)N[C@@H](C)C(=O)C[C@H](C)C(=O)Nc1cc(COc2cc3c(cc2C)C(=O)N2c4ccccc4C[C@H]2CC3)cc(COc2cc3c(cc2OC)C(=O)N2c4ccccc4C[C@H]2CC3)c1. The van der Waals surface area contributed by atoms with Crippen LogP contribution in [0, 0.1) is 12.8 Å². The average Bonchev–Trinajstić information content (AvgIpc) is 3.87. The van der Waals surface area contributed by atoms with Crippen molar-refractivity contribution in [2.45, 2.75) is 136 Å². The van der Waals surface area contributed by atoms with E-state index in [0.29, 0.717) is 66.2 Å². The molecule has 0 radical (unpaired) electrons. The van der Waals surface area contributed by atoms with Gasteiger partial charge in [0.05, 0.1) is 13.2 Å². The highest BCUT2D eigenvalue weighted by atomic mass is 16.5. The topological polar surface area (TPSA) is 161 Å². The molecule has 2 N–H and O–H groups in total. The van der Waals surface area contributed by atoms with Crippen LogP contribution in [0.5, 0.6) is 17.2 Å². The van der Waals surface area contributed by atoms with Gasteiger partial charge in [0.1, 0.15) is 24.7 Å². The van der Waals surface area contributed by atoms with Gasteiger partial charge >= 0.3 is 0 Å². The van der Waals surface area contributed by atoms with Crippen LogP contribution in [0.3, 0.4) is 0 Å². The minimum atomic E-state index is -0.783. The Labute approximate surface area is 421 Å². The van der Waals surface area contributed by atoms with Crippen LogP contribution in [0.25, 0.3) is 0 Å². The molecule has 5 aromatic rings. The third-order valence-electron chi connectivity index (χ3n) is 14.8. The monoisotopic (exact) mass is 972 g/mol. The van der Waals surface area contributed by atoms with Gasteiger partial charge < -0.3 is 34.6 Å². The van der Waals surface area contributed by atoms with Crippen LogP contribution in [-0.4, -0.2) is 60.4 Å². The lowest BCUT2D eigenvalue weighted by Gasteiger charge is -2.23. The number of benzene rings is 5. The predicted molar refractivity (Wildman–Crippen MR) is 276 cm³/mol. The van der Waals surface area contributed by atoms with Gasteiger partial charge in [-0.05, 0) is 159 Å². The lowest BCUT2D eigenvalue weighted by molar-refractivity contribution is -0.129. The van der Waals surface area contributed by atoms with Crippen molar-refractivity contribution < 1.29 is 43.0 Å². The molecule has 374 valence electrons. The first kappa shape index (κ1) is 49.7. The van der Waals surface area contributed by atoms with Crippen molar-refractivity contribution in [1.82, 2.24) is 5.32 Å². The number of anilines is 3. The van der Waals surface area contributed by atoms with Crippen LogP contribution in [0.4, 0.5) is 17.1 Å². The first-order valence-corrected chi connectivity index (χ1v) is 25.5. The molecule has 72 heavy (non-hydrogen) atoms. The number of hydrogen-bond acceptors (Lipinski definition) is 9. The summed E-state index contributed by atoms with van der Waals surface area (Å²) < 4.78 is 18.9. The van der Waals surface area contributed by atoms with E-state index >= 15 is 0 Å². The van der Waals surface area contributed by atoms with Gasteiger partial charge in [-0.1, -0.05) is 50.2 Å². The van der Waals surface area contributed by atoms with Gasteiger partial charge in [0, 0.05) is 71.9 Å². The minimum Gasteiger partial charge on any atom is -0.493 e. The maximum atomic E-state index is 14.1. The molecule has 0 aliphatic carbocycles. The Morgan fingerprint density at radius 2 is 1.24 bits per heavy atom. The molecule has 0 aromatic heterocycles. The smallest absolute Gasteiger partial charge is 0.258 e. The van der Waals surface area contributed by atoms with Gasteiger partial charge in [-0.15, -0.1) is 0 Å². The second-order valence-electron chi connectivity index (χ2n) is 19.9. The van der Waals surface area contributed by atoms with Crippen molar-refractivity contribution in [3.05, 3.63) is 141 Å². The lowest BCUT2D eigenvalue weighted by atomic mass is 9.98. The molecule has 13 heteroatoms. The van der Waals surface area contributed by atoms with E-state index in [2.05, 4.69) is 22.8 Å². The number of hydrogen-bond donors (Lipinski definition) is 2. The zero-order valence-electron chi connectivity index (χ0n) is 41.9. The van der Waals surface area contributed by atoms with E-state index < -0.39 is 12.0 Å². The molecule has 0 spiro atoms. The zero-order chi connectivity index (χ0) is 50.6. The highest BCUT2D eigenvalue weighted by Gasteiger charge is 2.39. The molecule has 0 bridgehead atoms. The van der Waals surface area contributed by atoms with E-state index in [4.69, 9.17) is 14.2 Å². The Hall–Kier alpha value is -7.28. The summed E-state index contributed by atoms with van der Waals surface area (Å²) in [6.45, 7) is 7.28. The van der Waals surface area contributed by atoms with Crippen LogP contribution >= 0.6 is 0 Å². The molecular formula is C59H64N4O9. The Morgan fingerprint density at radius 3 is 1.83 bits per heavy atom. The number of carbonyl (C=O) groups excluding carboxylic acids is 6. The fourth-order valence-electron chi connectivity index (χ4n) is 10.7. The molecule has 4 atom stereocenters. The number of ether oxygens (including phenoxy) is 3. The van der Waals surface area contributed by atoms with Crippen molar-refractivity contribution >= 4 is 52.3 Å². The van der Waals surface area contributed by atoms with E-state index in [1.165, 1.54) is 11.1 Å². The maximum Gasteiger partial charge on any atom is 0.258 e. The predicted octanol–water partition coefficient (Wildman–Crippen LogP) is 9.78. The number of carbonyl (C=O) groups is 6. The number of nitrogens with one attached hydrogen (secondary N) is 2. The summed E-state index contributed by atoms with van der Waals surface area (Å²) in [7, 11) is 1.55. The molecule has 4 aliphatic heterocycles. The molecular weight excluding hydrogens is 909 g/mol. The molecule has 4 heterocycles. The summed E-state index contributed by atoms with van der Waals surface area (Å²) in [5.74, 6) is 0.0456. The molecule has 0 saturated heterocycles.